The highest BCUT2D eigenvalue weighted by Gasteiger charge is 1.97. The number of unbranched alkanes of at least 4 members (excludes halogenated alkanes) is 1. The number of carbonyl (C=O) groups is 1. The van der Waals surface area contributed by atoms with Gasteiger partial charge in [-0.15, -0.1) is 0 Å². The van der Waals surface area contributed by atoms with Crippen LogP contribution in [0.2, 0.25) is 0 Å². The van der Waals surface area contributed by atoms with E-state index in [1.807, 2.05) is 10.8 Å². The molecular formula is C15H20N4O. The monoisotopic (exact) mass is 272 g/mol. The predicted molar refractivity (Wildman–Crippen MR) is 78.3 cm³/mol. The Morgan fingerprint density at radius 2 is 2.05 bits per heavy atom. The number of hydrogen-bond donors (Lipinski definition) is 2. The number of imidazole rings is 1. The molecule has 3 N–H and O–H groups in total. The average molecular weight is 272 g/mol. The zero-order valence-electron chi connectivity index (χ0n) is 11.5. The van der Waals surface area contributed by atoms with E-state index >= 15 is 0 Å². The standard InChI is InChI=1S/C15H20N4O/c16-15(20)3-1-2-8-17-11-13-4-6-14(7-5-13)19-10-9-18-12-19/h4-7,9-10,12,17H,1-3,8,11H2,(H2,16,20). The number of benzene rings is 1. The van der Waals surface area contributed by atoms with Gasteiger partial charge in [-0.05, 0) is 37.1 Å². The third kappa shape index (κ3) is 4.51. The lowest BCUT2D eigenvalue weighted by atomic mass is 10.2. The SMILES string of the molecule is NC(=O)CCCCNCc1ccc(-n2ccnc2)cc1. The number of aromatic nitrogens is 2. The Hall–Kier alpha value is -2.14. The summed E-state index contributed by atoms with van der Waals surface area (Å²) in [5.41, 5.74) is 7.43. The second kappa shape index (κ2) is 7.45. The fourth-order valence-corrected chi connectivity index (χ4v) is 1.98. The van der Waals surface area contributed by atoms with Gasteiger partial charge in [-0.2, -0.15) is 0 Å². The van der Waals surface area contributed by atoms with E-state index in [2.05, 4.69) is 34.6 Å². The van der Waals surface area contributed by atoms with E-state index in [0.29, 0.717) is 6.42 Å². The predicted octanol–water partition coefficient (Wildman–Crippen LogP) is 1.62. The Bertz CT molecular complexity index is 519. The maximum absolute atomic E-state index is 10.6. The summed E-state index contributed by atoms with van der Waals surface area (Å²) in [6, 6.07) is 8.36. The molecule has 1 amide bonds. The zero-order valence-corrected chi connectivity index (χ0v) is 11.5. The highest BCUT2D eigenvalue weighted by Crippen LogP contribution is 2.09. The van der Waals surface area contributed by atoms with Crippen LogP contribution < -0.4 is 11.1 Å². The van der Waals surface area contributed by atoms with E-state index in [4.69, 9.17) is 5.73 Å². The summed E-state index contributed by atoms with van der Waals surface area (Å²) in [4.78, 5) is 14.6. The van der Waals surface area contributed by atoms with E-state index in [1.54, 1.807) is 12.5 Å². The van der Waals surface area contributed by atoms with Crippen molar-refractivity contribution in [3.8, 4) is 5.69 Å². The van der Waals surface area contributed by atoms with Crippen molar-refractivity contribution in [1.29, 1.82) is 0 Å². The zero-order chi connectivity index (χ0) is 14.2. The van der Waals surface area contributed by atoms with Gasteiger partial charge in [-0.1, -0.05) is 12.1 Å². The first kappa shape index (κ1) is 14.3. The highest BCUT2D eigenvalue weighted by atomic mass is 16.1. The minimum Gasteiger partial charge on any atom is -0.370 e. The molecule has 0 bridgehead atoms. The van der Waals surface area contributed by atoms with Gasteiger partial charge in [0.15, 0.2) is 0 Å². The molecule has 0 fully saturated rings. The lowest BCUT2D eigenvalue weighted by Crippen LogP contribution is -2.16. The minimum atomic E-state index is -0.222. The molecule has 5 heteroatoms. The molecule has 0 saturated heterocycles. The Morgan fingerprint density at radius 1 is 1.25 bits per heavy atom. The maximum atomic E-state index is 10.6. The van der Waals surface area contributed by atoms with Gasteiger partial charge < -0.3 is 15.6 Å². The Kier molecular flexibility index (Phi) is 5.32. The molecule has 0 aliphatic carbocycles. The molecule has 1 aromatic carbocycles. The molecule has 2 aromatic rings. The van der Waals surface area contributed by atoms with Crippen LogP contribution in [0.25, 0.3) is 5.69 Å². The summed E-state index contributed by atoms with van der Waals surface area (Å²) in [5, 5.41) is 3.36. The molecule has 0 aliphatic rings. The molecule has 5 nitrogen and oxygen atoms in total. The first-order valence-electron chi connectivity index (χ1n) is 6.82. The van der Waals surface area contributed by atoms with Gasteiger partial charge in [0.2, 0.25) is 5.91 Å². The van der Waals surface area contributed by atoms with Gasteiger partial charge in [0.1, 0.15) is 0 Å². The van der Waals surface area contributed by atoms with Gasteiger partial charge in [-0.25, -0.2) is 4.98 Å². The fraction of sp³-hybridized carbons (Fsp3) is 0.333. The molecule has 106 valence electrons. The highest BCUT2D eigenvalue weighted by molar-refractivity contribution is 5.73. The third-order valence-corrected chi connectivity index (χ3v) is 3.09. The van der Waals surface area contributed by atoms with Crippen molar-refractivity contribution in [3.63, 3.8) is 0 Å². The van der Waals surface area contributed by atoms with Crippen molar-refractivity contribution in [1.82, 2.24) is 14.9 Å². The van der Waals surface area contributed by atoms with Crippen LogP contribution in [0.3, 0.4) is 0 Å². The van der Waals surface area contributed by atoms with Crippen LogP contribution in [0.5, 0.6) is 0 Å². The summed E-state index contributed by atoms with van der Waals surface area (Å²) in [6.07, 6.45) is 7.76. The van der Waals surface area contributed by atoms with Crippen molar-refractivity contribution in [2.75, 3.05) is 6.54 Å². The molecule has 0 atom stereocenters. The first-order valence-corrected chi connectivity index (χ1v) is 6.82. The van der Waals surface area contributed by atoms with E-state index in [-0.39, 0.29) is 5.91 Å². The van der Waals surface area contributed by atoms with Crippen LogP contribution >= 0.6 is 0 Å². The number of hydrogen-bond acceptors (Lipinski definition) is 3. The molecule has 0 aliphatic heterocycles. The van der Waals surface area contributed by atoms with E-state index in [1.165, 1.54) is 5.56 Å². The van der Waals surface area contributed by atoms with E-state index in [9.17, 15) is 4.79 Å². The van der Waals surface area contributed by atoms with Crippen LogP contribution in [0, 0.1) is 0 Å². The molecule has 0 radical (unpaired) electrons. The van der Waals surface area contributed by atoms with Crippen LogP contribution in [-0.2, 0) is 11.3 Å². The van der Waals surface area contributed by atoms with Crippen molar-refractivity contribution in [2.24, 2.45) is 5.73 Å². The second-order valence-electron chi connectivity index (χ2n) is 4.74. The Balaban J connectivity index is 1.70. The number of nitrogens with zero attached hydrogens (tertiary/aromatic N) is 2. The van der Waals surface area contributed by atoms with Crippen molar-refractivity contribution in [2.45, 2.75) is 25.8 Å². The van der Waals surface area contributed by atoms with Gasteiger partial charge >= 0.3 is 0 Å². The number of amides is 1. The molecule has 20 heavy (non-hydrogen) atoms. The molecule has 0 spiro atoms. The molecular weight excluding hydrogens is 252 g/mol. The molecule has 1 heterocycles. The average Bonchev–Trinajstić information content (AvgIpc) is 2.97. The minimum absolute atomic E-state index is 0.222. The first-order chi connectivity index (χ1) is 9.75. The number of rotatable bonds is 8. The van der Waals surface area contributed by atoms with E-state index < -0.39 is 0 Å². The van der Waals surface area contributed by atoms with Crippen LogP contribution in [-0.4, -0.2) is 22.0 Å². The molecule has 2 rings (SSSR count). The van der Waals surface area contributed by atoms with Crippen LogP contribution in [0.15, 0.2) is 43.0 Å². The van der Waals surface area contributed by atoms with Crippen molar-refractivity contribution >= 4 is 5.91 Å². The summed E-state index contributed by atoms with van der Waals surface area (Å²) < 4.78 is 1.97. The fourth-order valence-electron chi connectivity index (χ4n) is 1.98. The van der Waals surface area contributed by atoms with Crippen molar-refractivity contribution in [3.05, 3.63) is 48.5 Å². The lowest BCUT2D eigenvalue weighted by molar-refractivity contribution is -0.118. The summed E-state index contributed by atoms with van der Waals surface area (Å²) in [6.45, 7) is 1.73. The second-order valence-corrected chi connectivity index (χ2v) is 4.74. The number of primary amides is 1. The maximum Gasteiger partial charge on any atom is 0.217 e. The molecule has 1 aromatic heterocycles. The molecule has 0 saturated carbocycles. The normalized spacial score (nSPS) is 10.6. The number of carbonyl (C=O) groups excluding carboxylic acids is 1. The summed E-state index contributed by atoms with van der Waals surface area (Å²) in [7, 11) is 0. The summed E-state index contributed by atoms with van der Waals surface area (Å²) in [5.74, 6) is -0.222. The third-order valence-electron chi connectivity index (χ3n) is 3.09. The quantitative estimate of drug-likeness (QED) is 0.717. The van der Waals surface area contributed by atoms with E-state index in [0.717, 1.165) is 31.6 Å². The van der Waals surface area contributed by atoms with Crippen molar-refractivity contribution < 1.29 is 4.79 Å². The number of nitrogens with one attached hydrogen (secondary N) is 1. The van der Waals surface area contributed by atoms with Crippen LogP contribution in [0.1, 0.15) is 24.8 Å². The smallest absolute Gasteiger partial charge is 0.217 e. The lowest BCUT2D eigenvalue weighted by Gasteiger charge is -2.06. The number of nitrogens with two attached hydrogens (primary N) is 1. The largest absolute Gasteiger partial charge is 0.370 e. The molecule has 0 unspecified atom stereocenters. The summed E-state index contributed by atoms with van der Waals surface area (Å²) >= 11 is 0. The topological polar surface area (TPSA) is 72.9 Å². The van der Waals surface area contributed by atoms with Gasteiger partial charge in [-0.3, -0.25) is 4.79 Å². The Morgan fingerprint density at radius 3 is 2.70 bits per heavy atom. The Labute approximate surface area is 118 Å². The van der Waals surface area contributed by atoms with Gasteiger partial charge in [0.25, 0.3) is 0 Å². The van der Waals surface area contributed by atoms with Gasteiger partial charge in [0, 0.05) is 31.0 Å². The van der Waals surface area contributed by atoms with Crippen LogP contribution in [0.4, 0.5) is 0 Å². The van der Waals surface area contributed by atoms with Gasteiger partial charge in [0.05, 0.1) is 6.33 Å².